The molecule has 6 heteroatoms. The van der Waals surface area contributed by atoms with Crippen LogP contribution in [0.4, 0.5) is 4.79 Å². The van der Waals surface area contributed by atoms with Crippen molar-refractivity contribution in [3.8, 4) is 0 Å². The van der Waals surface area contributed by atoms with Crippen molar-refractivity contribution in [2.45, 2.75) is 38.8 Å². The molecule has 0 aromatic heterocycles. The molecule has 17 heavy (non-hydrogen) atoms. The van der Waals surface area contributed by atoms with Crippen LogP contribution < -0.4 is 5.32 Å². The number of hydrogen-bond donors (Lipinski definition) is 2. The van der Waals surface area contributed by atoms with Crippen molar-refractivity contribution in [2.75, 3.05) is 18.1 Å². The van der Waals surface area contributed by atoms with Gasteiger partial charge in [0.15, 0.2) is 0 Å². The molecule has 5 nitrogen and oxygen atoms in total. The molecule has 1 heterocycles. The number of hydrogen-bond acceptors (Lipinski definition) is 3. The van der Waals surface area contributed by atoms with Crippen LogP contribution in [0.25, 0.3) is 0 Å². The number of nitrogens with zero attached hydrogens (tertiary/aromatic N) is 1. The molecule has 2 atom stereocenters. The number of carbonyl (C=O) groups is 2. The van der Waals surface area contributed by atoms with E-state index in [1.807, 2.05) is 30.5 Å². The second-order valence-electron chi connectivity index (χ2n) is 4.40. The number of urea groups is 1. The minimum atomic E-state index is -0.825. The number of carboxylic acid groups (broad SMARTS) is 1. The van der Waals surface area contributed by atoms with E-state index in [1.165, 1.54) is 0 Å². The highest BCUT2D eigenvalue weighted by Gasteiger charge is 2.24. The van der Waals surface area contributed by atoms with Crippen LogP contribution in [0.3, 0.4) is 0 Å². The van der Waals surface area contributed by atoms with Crippen molar-refractivity contribution in [2.24, 2.45) is 0 Å². The Morgan fingerprint density at radius 2 is 2.29 bits per heavy atom. The van der Waals surface area contributed by atoms with E-state index in [1.54, 1.807) is 0 Å². The first-order chi connectivity index (χ1) is 8.00. The predicted molar refractivity (Wildman–Crippen MR) is 68.4 cm³/mol. The first-order valence-corrected chi connectivity index (χ1v) is 7.03. The molecule has 1 fully saturated rings. The van der Waals surface area contributed by atoms with Gasteiger partial charge in [0.2, 0.25) is 0 Å². The second-order valence-corrected chi connectivity index (χ2v) is 5.55. The average Bonchev–Trinajstić information content (AvgIpc) is 2.26. The number of rotatable bonds is 4. The van der Waals surface area contributed by atoms with Gasteiger partial charge in [-0.2, -0.15) is 11.8 Å². The van der Waals surface area contributed by atoms with Crippen LogP contribution in [0.1, 0.15) is 26.7 Å². The molecule has 1 aliphatic heterocycles. The Morgan fingerprint density at radius 3 is 2.88 bits per heavy atom. The Balaban J connectivity index is 2.34. The fraction of sp³-hybridized carbons (Fsp3) is 0.818. The normalized spacial score (nSPS) is 22.0. The lowest BCUT2D eigenvalue weighted by Crippen LogP contribution is -2.51. The van der Waals surface area contributed by atoms with Gasteiger partial charge in [-0.25, -0.2) is 4.79 Å². The van der Waals surface area contributed by atoms with Gasteiger partial charge in [-0.1, -0.05) is 0 Å². The molecule has 1 saturated heterocycles. The van der Waals surface area contributed by atoms with Crippen LogP contribution >= 0.6 is 11.8 Å². The number of carboxylic acids is 1. The molecular formula is C11H20N2O3S. The van der Waals surface area contributed by atoms with Crippen molar-refractivity contribution >= 4 is 23.8 Å². The van der Waals surface area contributed by atoms with Gasteiger partial charge in [0.1, 0.15) is 0 Å². The molecule has 2 amide bonds. The molecule has 0 aromatic carbocycles. The van der Waals surface area contributed by atoms with Gasteiger partial charge in [-0.05, 0) is 20.3 Å². The molecule has 2 N–H and O–H groups in total. The summed E-state index contributed by atoms with van der Waals surface area (Å²) in [5, 5.41) is 11.4. The van der Waals surface area contributed by atoms with E-state index < -0.39 is 5.97 Å². The smallest absolute Gasteiger partial charge is 0.317 e. The summed E-state index contributed by atoms with van der Waals surface area (Å²) in [5.41, 5.74) is 0. The first-order valence-electron chi connectivity index (χ1n) is 5.87. The molecular weight excluding hydrogens is 240 g/mol. The molecule has 0 spiro atoms. The molecule has 0 saturated carbocycles. The van der Waals surface area contributed by atoms with E-state index in [2.05, 4.69) is 5.32 Å². The number of carbonyl (C=O) groups excluding carboxylic acids is 1. The van der Waals surface area contributed by atoms with Gasteiger partial charge >= 0.3 is 12.0 Å². The quantitative estimate of drug-likeness (QED) is 0.801. The highest BCUT2D eigenvalue weighted by Crippen LogP contribution is 2.16. The van der Waals surface area contributed by atoms with Crippen molar-refractivity contribution in [1.82, 2.24) is 10.2 Å². The third-order valence-corrected chi connectivity index (χ3v) is 3.98. The minimum absolute atomic E-state index is 0.0734. The summed E-state index contributed by atoms with van der Waals surface area (Å²) in [4.78, 5) is 24.2. The third-order valence-electron chi connectivity index (χ3n) is 2.79. The Hall–Kier alpha value is -0.910. The van der Waals surface area contributed by atoms with E-state index in [4.69, 9.17) is 5.11 Å². The fourth-order valence-electron chi connectivity index (χ4n) is 1.73. The minimum Gasteiger partial charge on any atom is -0.481 e. The largest absolute Gasteiger partial charge is 0.481 e. The van der Waals surface area contributed by atoms with E-state index in [-0.39, 0.29) is 24.5 Å². The summed E-state index contributed by atoms with van der Waals surface area (Å²) >= 11 is 1.86. The van der Waals surface area contributed by atoms with Crippen LogP contribution in [0, 0.1) is 0 Å². The molecule has 0 aromatic rings. The molecule has 2 unspecified atom stereocenters. The van der Waals surface area contributed by atoms with Crippen molar-refractivity contribution in [3.63, 3.8) is 0 Å². The van der Waals surface area contributed by atoms with Gasteiger partial charge in [0, 0.05) is 36.6 Å². The van der Waals surface area contributed by atoms with Gasteiger partial charge in [-0.3, -0.25) is 4.79 Å². The molecule has 1 aliphatic rings. The Kier molecular flexibility index (Phi) is 5.61. The number of thioether (sulfide) groups is 1. The van der Waals surface area contributed by atoms with Gasteiger partial charge < -0.3 is 15.3 Å². The van der Waals surface area contributed by atoms with Gasteiger partial charge in [0.25, 0.3) is 0 Å². The van der Waals surface area contributed by atoms with Crippen LogP contribution in [0.5, 0.6) is 0 Å². The number of aliphatic carboxylic acids is 1. The molecule has 0 bridgehead atoms. The van der Waals surface area contributed by atoms with E-state index in [9.17, 15) is 9.59 Å². The molecule has 0 aliphatic carbocycles. The van der Waals surface area contributed by atoms with Crippen molar-refractivity contribution in [1.29, 1.82) is 0 Å². The Bertz CT molecular complexity index is 286. The SMILES string of the molecule is CC(CCC(=O)O)NC(=O)N1CCSCC1C. The molecule has 0 radical (unpaired) electrons. The molecule has 98 valence electrons. The monoisotopic (exact) mass is 260 g/mol. The summed E-state index contributed by atoms with van der Waals surface area (Å²) < 4.78 is 0. The van der Waals surface area contributed by atoms with E-state index in [0.29, 0.717) is 6.42 Å². The average molecular weight is 260 g/mol. The fourth-order valence-corrected chi connectivity index (χ4v) is 2.75. The van der Waals surface area contributed by atoms with Crippen molar-refractivity contribution < 1.29 is 14.7 Å². The highest BCUT2D eigenvalue weighted by molar-refractivity contribution is 7.99. The zero-order chi connectivity index (χ0) is 12.8. The Labute approximate surface area is 106 Å². The van der Waals surface area contributed by atoms with Gasteiger partial charge in [-0.15, -0.1) is 0 Å². The second kappa shape index (κ2) is 6.74. The predicted octanol–water partition coefficient (Wildman–Crippen LogP) is 1.39. The number of amides is 2. The standard InChI is InChI=1S/C11H20N2O3S/c1-8(3-4-10(14)15)12-11(16)13-5-6-17-7-9(13)2/h8-9H,3-7H2,1-2H3,(H,12,16)(H,14,15). The van der Waals surface area contributed by atoms with E-state index in [0.717, 1.165) is 18.1 Å². The van der Waals surface area contributed by atoms with E-state index >= 15 is 0 Å². The maximum absolute atomic E-state index is 11.9. The summed E-state index contributed by atoms with van der Waals surface area (Å²) in [5.74, 6) is 1.12. The first kappa shape index (κ1) is 14.2. The lowest BCUT2D eigenvalue weighted by atomic mass is 10.2. The van der Waals surface area contributed by atoms with Gasteiger partial charge in [0.05, 0.1) is 0 Å². The van der Waals surface area contributed by atoms with Crippen LogP contribution in [-0.4, -0.2) is 52.1 Å². The Morgan fingerprint density at radius 1 is 1.59 bits per heavy atom. The summed E-state index contributed by atoms with van der Waals surface area (Å²) in [7, 11) is 0. The summed E-state index contributed by atoms with van der Waals surface area (Å²) in [6.45, 7) is 4.64. The lowest BCUT2D eigenvalue weighted by Gasteiger charge is -2.33. The summed E-state index contributed by atoms with van der Waals surface area (Å²) in [6, 6.07) is 0.0801. The topological polar surface area (TPSA) is 69.6 Å². The van der Waals surface area contributed by atoms with Crippen molar-refractivity contribution in [3.05, 3.63) is 0 Å². The lowest BCUT2D eigenvalue weighted by molar-refractivity contribution is -0.137. The molecule has 1 rings (SSSR count). The summed E-state index contributed by atoms with van der Waals surface area (Å²) in [6.07, 6.45) is 0.560. The maximum atomic E-state index is 11.9. The van der Waals surface area contributed by atoms with Crippen LogP contribution in [-0.2, 0) is 4.79 Å². The zero-order valence-corrected chi connectivity index (χ0v) is 11.1. The van der Waals surface area contributed by atoms with Crippen LogP contribution in [0.15, 0.2) is 0 Å². The maximum Gasteiger partial charge on any atom is 0.317 e. The van der Waals surface area contributed by atoms with Crippen LogP contribution in [0.2, 0.25) is 0 Å². The third kappa shape index (κ3) is 4.85. The zero-order valence-electron chi connectivity index (χ0n) is 10.3. The highest BCUT2D eigenvalue weighted by atomic mass is 32.2. The number of nitrogens with one attached hydrogen (secondary N) is 1.